The van der Waals surface area contributed by atoms with E-state index in [4.69, 9.17) is 14.2 Å². The Morgan fingerprint density at radius 3 is 2.33 bits per heavy atom. The van der Waals surface area contributed by atoms with E-state index in [0.29, 0.717) is 57.4 Å². The van der Waals surface area contributed by atoms with E-state index in [2.05, 4.69) is 25.1 Å². The van der Waals surface area contributed by atoms with Gasteiger partial charge in [-0.15, -0.1) is 0 Å². The monoisotopic (exact) mass is 934 g/mol. The highest BCUT2D eigenvalue weighted by Crippen LogP contribution is 2.41. The third-order valence-electron chi connectivity index (χ3n) is 13.3. The van der Waals surface area contributed by atoms with Crippen LogP contribution in [0.1, 0.15) is 64.9 Å². The number of nitrogens with one attached hydrogen (secondary N) is 1. The Balaban J connectivity index is 0.765. The minimum atomic E-state index is -1.31. The normalized spacial score (nSPS) is 18.1. The first-order valence-corrected chi connectivity index (χ1v) is 24.5. The number of carbonyl (C=O) groups is 4. The summed E-state index contributed by atoms with van der Waals surface area (Å²) in [6, 6.07) is 20.0. The number of aryl methyl sites for hydroxylation is 1. The molecule has 18 heteroatoms. The summed E-state index contributed by atoms with van der Waals surface area (Å²) in [6.07, 6.45) is 4.75. The van der Waals surface area contributed by atoms with Gasteiger partial charge in [0.15, 0.2) is 28.9 Å². The molecule has 4 aliphatic heterocycles. The minimum Gasteiger partial charge on any atom is -0.493 e. The molecule has 5 heterocycles. The zero-order valence-electron chi connectivity index (χ0n) is 38.2. The Morgan fingerprint density at radius 2 is 1.63 bits per heavy atom. The van der Waals surface area contributed by atoms with E-state index in [-0.39, 0.29) is 48.0 Å². The van der Waals surface area contributed by atoms with Crippen molar-refractivity contribution in [2.45, 2.75) is 38.6 Å². The van der Waals surface area contributed by atoms with Crippen molar-refractivity contribution in [3.63, 3.8) is 0 Å². The summed E-state index contributed by atoms with van der Waals surface area (Å²) in [5.41, 5.74) is 3.85. The number of piperazine rings is 1. The summed E-state index contributed by atoms with van der Waals surface area (Å²) in [7, 11) is 1.95. The topological polar surface area (TPSA) is 159 Å². The molecular formula is C49H55FN8O8S. The van der Waals surface area contributed by atoms with Crippen LogP contribution in [0.4, 0.5) is 26.4 Å². The Morgan fingerprint density at radius 1 is 0.866 bits per heavy atom. The van der Waals surface area contributed by atoms with Gasteiger partial charge in [0.25, 0.3) is 11.8 Å². The third-order valence-corrected chi connectivity index (χ3v) is 14.1. The zero-order valence-corrected chi connectivity index (χ0v) is 39.0. The average Bonchev–Trinajstić information content (AvgIpc) is 3.78. The molecule has 5 amide bonds. The largest absolute Gasteiger partial charge is 0.493 e. The van der Waals surface area contributed by atoms with Crippen molar-refractivity contribution >= 4 is 62.6 Å². The minimum absolute atomic E-state index is 0.0360. The van der Waals surface area contributed by atoms with Crippen LogP contribution in [0.25, 0.3) is 10.9 Å². The van der Waals surface area contributed by atoms with Gasteiger partial charge in [0, 0.05) is 99.2 Å². The van der Waals surface area contributed by atoms with Gasteiger partial charge < -0.3 is 24.0 Å². The Kier molecular flexibility index (Phi) is 13.2. The maximum absolute atomic E-state index is 15.4. The van der Waals surface area contributed by atoms with E-state index >= 15 is 4.39 Å². The summed E-state index contributed by atoms with van der Waals surface area (Å²) >= 11 is 0. The van der Waals surface area contributed by atoms with Crippen molar-refractivity contribution in [1.29, 1.82) is 0 Å². The SMILES string of the molecule is CCOc1cc(C(CS(C)=O)N2C(=O)c3cccc(N4CCC(CCN5CCN(c6ccc(Oc7cc8c(cc7F)c(N7CCC(=O)NC7=O)nn8C)cc6)CC5)CC4)c3C2=O)ccc1OC. The van der Waals surface area contributed by atoms with Gasteiger partial charge in [-0.2, -0.15) is 5.10 Å². The second kappa shape index (κ2) is 19.4. The molecule has 0 radical (unpaired) electrons. The number of anilines is 3. The predicted octanol–water partition coefficient (Wildman–Crippen LogP) is 6.50. The van der Waals surface area contributed by atoms with E-state index in [1.807, 2.05) is 43.3 Å². The molecule has 5 aromatic rings. The number of piperidine rings is 1. The standard InChI is InChI=1S/C49H55FN8O8S/c1-5-65-43-27-32(9-14-41(43)64-3)40(30-67(4)63)58-47(60)35-7-6-8-38(45(35)48(58)61)56-20-16-31(17-21-56)15-19-54-23-25-55(26-24-54)33-10-12-34(13-11-33)66-42-29-39-36(28-37(42)50)46(52-53(39)2)57-22-18-44(59)51-49(57)62/h6-14,27-29,31,40H,5,15-26,30H2,1-4H3,(H,51,59,62). The highest BCUT2D eigenvalue weighted by atomic mass is 32.2. The summed E-state index contributed by atoms with van der Waals surface area (Å²) in [5, 5.41) is 7.17. The molecule has 2 unspecified atom stereocenters. The van der Waals surface area contributed by atoms with Crippen LogP contribution >= 0.6 is 0 Å². The zero-order chi connectivity index (χ0) is 46.9. The van der Waals surface area contributed by atoms with E-state index in [0.717, 1.165) is 76.5 Å². The van der Waals surface area contributed by atoms with Gasteiger partial charge in [-0.25, -0.2) is 9.18 Å². The van der Waals surface area contributed by atoms with Gasteiger partial charge in [0.05, 0.1) is 42.1 Å². The van der Waals surface area contributed by atoms with E-state index in [9.17, 15) is 23.4 Å². The van der Waals surface area contributed by atoms with E-state index in [1.165, 1.54) is 15.9 Å². The molecule has 9 rings (SSSR count). The molecule has 1 aromatic heterocycles. The lowest BCUT2D eigenvalue weighted by Crippen LogP contribution is -2.49. The van der Waals surface area contributed by atoms with Crippen LogP contribution in [-0.2, 0) is 22.6 Å². The average molecular weight is 935 g/mol. The number of imide groups is 2. The number of ether oxygens (including phenoxy) is 3. The molecular weight excluding hydrogens is 880 g/mol. The molecule has 3 fully saturated rings. The van der Waals surface area contributed by atoms with Gasteiger partial charge >= 0.3 is 6.03 Å². The maximum atomic E-state index is 15.4. The summed E-state index contributed by atoms with van der Waals surface area (Å²) in [5.74, 6) is 0.758. The molecule has 352 valence electrons. The molecule has 1 N–H and O–H groups in total. The fraction of sp³-hybridized carbons (Fsp3) is 0.408. The second-order valence-corrected chi connectivity index (χ2v) is 18.9. The smallest absolute Gasteiger partial charge is 0.329 e. The summed E-state index contributed by atoms with van der Waals surface area (Å²) in [4.78, 5) is 62.2. The fourth-order valence-corrected chi connectivity index (χ4v) is 10.5. The first kappa shape index (κ1) is 45.6. The highest BCUT2D eigenvalue weighted by Gasteiger charge is 2.43. The number of rotatable bonds is 15. The van der Waals surface area contributed by atoms with Gasteiger partial charge in [-0.05, 0) is 98.8 Å². The number of hydrogen-bond donors (Lipinski definition) is 1. The summed E-state index contributed by atoms with van der Waals surface area (Å²) < 4.78 is 46.9. The number of urea groups is 1. The van der Waals surface area contributed by atoms with Crippen molar-refractivity contribution in [3.05, 3.63) is 95.3 Å². The lowest BCUT2D eigenvalue weighted by atomic mass is 9.92. The van der Waals surface area contributed by atoms with Gasteiger partial charge in [0.2, 0.25) is 5.91 Å². The van der Waals surface area contributed by atoms with E-state index < -0.39 is 28.7 Å². The molecule has 4 aliphatic rings. The second-order valence-electron chi connectivity index (χ2n) is 17.4. The Labute approximate surface area is 391 Å². The molecule has 16 nitrogen and oxygen atoms in total. The van der Waals surface area contributed by atoms with Gasteiger partial charge in [-0.1, -0.05) is 12.1 Å². The number of methoxy groups -OCH3 is 1. The first-order chi connectivity index (χ1) is 32.4. The van der Waals surface area contributed by atoms with Crippen LogP contribution in [0.5, 0.6) is 23.0 Å². The van der Waals surface area contributed by atoms with Gasteiger partial charge in [-0.3, -0.25) is 43.3 Å². The van der Waals surface area contributed by atoms with Gasteiger partial charge in [0.1, 0.15) is 5.75 Å². The molecule has 0 spiro atoms. The highest BCUT2D eigenvalue weighted by molar-refractivity contribution is 7.84. The van der Waals surface area contributed by atoms with Crippen LogP contribution in [0.3, 0.4) is 0 Å². The van der Waals surface area contributed by atoms with Crippen LogP contribution in [0.15, 0.2) is 72.8 Å². The number of hydrogen-bond acceptors (Lipinski definition) is 12. The number of amides is 5. The molecule has 3 saturated heterocycles. The molecule has 0 bridgehead atoms. The first-order valence-electron chi connectivity index (χ1n) is 22.8. The number of halogens is 1. The Hall–Kier alpha value is -6.53. The van der Waals surface area contributed by atoms with Crippen molar-refractivity contribution in [3.8, 4) is 23.0 Å². The van der Waals surface area contributed by atoms with Crippen LogP contribution in [-0.4, -0.2) is 126 Å². The van der Waals surface area contributed by atoms with Crippen LogP contribution < -0.4 is 34.2 Å². The number of fused-ring (bicyclic) bond motifs is 2. The third kappa shape index (κ3) is 9.28. The van der Waals surface area contributed by atoms with Crippen LogP contribution in [0.2, 0.25) is 0 Å². The number of carbonyl (C=O) groups excluding carboxylic acids is 4. The summed E-state index contributed by atoms with van der Waals surface area (Å²) in [6.45, 7) is 8.61. The number of benzene rings is 4. The van der Waals surface area contributed by atoms with E-state index in [1.54, 1.807) is 55.4 Å². The quantitative estimate of drug-likeness (QED) is 0.114. The molecule has 0 saturated carbocycles. The van der Waals surface area contributed by atoms with Crippen molar-refractivity contribution in [2.75, 3.05) is 92.8 Å². The molecule has 0 aliphatic carbocycles. The molecule has 2 atom stereocenters. The lowest BCUT2D eigenvalue weighted by molar-refractivity contribution is -0.120. The maximum Gasteiger partial charge on any atom is 0.329 e. The number of nitrogens with zero attached hydrogens (tertiary/aromatic N) is 7. The molecule has 67 heavy (non-hydrogen) atoms. The Bertz CT molecular complexity index is 2730. The molecule has 4 aromatic carbocycles. The van der Waals surface area contributed by atoms with Crippen molar-refractivity contribution in [2.24, 2.45) is 13.0 Å². The van der Waals surface area contributed by atoms with Crippen molar-refractivity contribution in [1.82, 2.24) is 24.9 Å². The fourth-order valence-electron chi connectivity index (χ4n) is 9.74. The van der Waals surface area contributed by atoms with Crippen molar-refractivity contribution < 1.29 is 42.0 Å². The predicted molar refractivity (Wildman–Crippen MR) is 254 cm³/mol. The van der Waals surface area contributed by atoms with Crippen LogP contribution in [0, 0.1) is 11.7 Å². The lowest BCUT2D eigenvalue weighted by Gasteiger charge is -2.38. The number of aromatic nitrogens is 2.